The number of aliphatic hydroxyl groups is 1. The number of unbranched alkanes of at least 4 members (excludes halogenated alkanes) is 56. The maximum Gasteiger partial charge on any atom is 0.472 e. The lowest BCUT2D eigenvalue weighted by Gasteiger charge is -2.21. The first-order valence-corrected chi connectivity index (χ1v) is 49.1. The van der Waals surface area contributed by atoms with Gasteiger partial charge in [0, 0.05) is 25.7 Å². The highest BCUT2D eigenvalue weighted by molar-refractivity contribution is 7.47. The summed E-state index contributed by atoms with van der Waals surface area (Å²) in [6, 6.07) is 0. The number of aliphatic hydroxyl groups excluding tert-OH is 1. The normalized spacial score (nSPS) is 14.3. The molecule has 0 aliphatic rings. The minimum atomic E-state index is -4.97. The van der Waals surface area contributed by atoms with Crippen molar-refractivity contribution in [1.29, 1.82) is 0 Å². The van der Waals surface area contributed by atoms with Crippen molar-refractivity contribution in [3.63, 3.8) is 0 Å². The van der Waals surface area contributed by atoms with Gasteiger partial charge >= 0.3 is 39.5 Å². The van der Waals surface area contributed by atoms with Crippen molar-refractivity contribution in [3.8, 4) is 0 Å². The summed E-state index contributed by atoms with van der Waals surface area (Å²) >= 11 is 0. The lowest BCUT2D eigenvalue weighted by Crippen LogP contribution is -2.30. The molecule has 0 aromatic rings. The molecule has 0 rings (SSSR count). The smallest absolute Gasteiger partial charge is 0.462 e. The fourth-order valence-corrected chi connectivity index (χ4v) is 15.5. The average Bonchev–Trinajstić information content (AvgIpc) is 0.966. The number of rotatable bonds is 88. The van der Waals surface area contributed by atoms with Gasteiger partial charge in [0.25, 0.3) is 0 Å². The third-order valence-electron chi connectivity index (χ3n) is 21.7. The van der Waals surface area contributed by atoms with Gasteiger partial charge in [-0.3, -0.25) is 37.3 Å². The second kappa shape index (κ2) is 80.3. The average molecular weight is 1580 g/mol. The number of ether oxygens (including phenoxy) is 4. The molecule has 17 nitrogen and oxygen atoms in total. The van der Waals surface area contributed by atoms with E-state index in [1.54, 1.807) is 0 Å². The van der Waals surface area contributed by atoms with E-state index in [1.807, 2.05) is 0 Å². The zero-order valence-corrected chi connectivity index (χ0v) is 73.0. The monoisotopic (exact) mass is 1580 g/mol. The minimum absolute atomic E-state index is 0.108. The number of carbonyl (C=O) groups is 4. The number of hydrogen-bond donors (Lipinski definition) is 3. The van der Waals surface area contributed by atoms with Crippen LogP contribution in [-0.2, 0) is 65.4 Å². The van der Waals surface area contributed by atoms with Gasteiger partial charge < -0.3 is 33.8 Å². The van der Waals surface area contributed by atoms with E-state index in [0.717, 1.165) is 108 Å². The van der Waals surface area contributed by atoms with Crippen LogP contribution in [0.1, 0.15) is 478 Å². The van der Waals surface area contributed by atoms with Gasteiger partial charge in [-0.15, -0.1) is 0 Å². The summed E-state index contributed by atoms with van der Waals surface area (Å²) in [5.74, 6) is -0.384. The maximum absolute atomic E-state index is 13.2. The van der Waals surface area contributed by atoms with E-state index >= 15 is 0 Å². The third kappa shape index (κ3) is 79.3. The van der Waals surface area contributed by atoms with Crippen LogP contribution in [0, 0.1) is 11.8 Å². The van der Waals surface area contributed by atoms with Gasteiger partial charge in [0.2, 0.25) is 0 Å². The highest BCUT2D eigenvalue weighted by Gasteiger charge is 2.31. The summed E-state index contributed by atoms with van der Waals surface area (Å²) in [5, 5.41) is 10.7. The molecule has 4 unspecified atom stereocenters. The first-order chi connectivity index (χ1) is 52.4. The van der Waals surface area contributed by atoms with E-state index in [4.69, 9.17) is 37.0 Å². The number of esters is 4. The largest absolute Gasteiger partial charge is 0.472 e. The minimum Gasteiger partial charge on any atom is -0.462 e. The van der Waals surface area contributed by atoms with Crippen LogP contribution in [-0.4, -0.2) is 96.7 Å². The molecule has 0 heterocycles. The molecule has 0 spiro atoms. The summed E-state index contributed by atoms with van der Waals surface area (Å²) in [5.41, 5.74) is 0. The highest BCUT2D eigenvalue weighted by Crippen LogP contribution is 2.45. The molecule has 0 aromatic carbocycles. The van der Waals surface area contributed by atoms with Crippen LogP contribution in [0.4, 0.5) is 0 Å². The van der Waals surface area contributed by atoms with Crippen LogP contribution < -0.4 is 0 Å². The van der Waals surface area contributed by atoms with Crippen molar-refractivity contribution >= 4 is 39.5 Å². The van der Waals surface area contributed by atoms with Gasteiger partial charge in [0.15, 0.2) is 12.2 Å². The molecule has 0 aliphatic carbocycles. The van der Waals surface area contributed by atoms with Gasteiger partial charge in [-0.1, -0.05) is 427 Å². The van der Waals surface area contributed by atoms with Crippen molar-refractivity contribution in [3.05, 3.63) is 0 Å². The fourth-order valence-electron chi connectivity index (χ4n) is 13.9. The van der Waals surface area contributed by atoms with Gasteiger partial charge in [0.05, 0.1) is 26.4 Å². The van der Waals surface area contributed by atoms with E-state index in [9.17, 15) is 43.2 Å². The Morgan fingerprint density at radius 3 is 0.657 bits per heavy atom. The number of phosphoric ester groups is 2. The van der Waals surface area contributed by atoms with Crippen LogP contribution in [0.2, 0.25) is 0 Å². The van der Waals surface area contributed by atoms with Crippen LogP contribution in [0.3, 0.4) is 0 Å². The third-order valence-corrected chi connectivity index (χ3v) is 23.6. The predicted molar refractivity (Wildman–Crippen MR) is 446 cm³/mol. The van der Waals surface area contributed by atoms with Gasteiger partial charge in [0.1, 0.15) is 19.3 Å². The maximum atomic E-state index is 13.2. The Kier molecular flexibility index (Phi) is 78.8. The lowest BCUT2D eigenvalue weighted by atomic mass is 9.99. The second-order valence-electron chi connectivity index (χ2n) is 32.5. The molecule has 7 atom stereocenters. The van der Waals surface area contributed by atoms with Crippen LogP contribution in [0.5, 0.6) is 0 Å². The van der Waals surface area contributed by atoms with Crippen molar-refractivity contribution in [2.75, 3.05) is 39.6 Å². The molecule has 108 heavy (non-hydrogen) atoms. The Morgan fingerprint density at radius 1 is 0.259 bits per heavy atom. The molecule has 0 saturated carbocycles. The molecule has 642 valence electrons. The first kappa shape index (κ1) is 106. The Labute approximate surface area is 664 Å². The molecule has 0 aromatic heterocycles. The quantitative estimate of drug-likeness (QED) is 0.0222. The highest BCUT2D eigenvalue weighted by atomic mass is 31.2. The Balaban J connectivity index is 5.18. The van der Waals surface area contributed by atoms with Crippen LogP contribution in [0.15, 0.2) is 0 Å². The van der Waals surface area contributed by atoms with Gasteiger partial charge in [-0.2, -0.15) is 0 Å². The zero-order chi connectivity index (χ0) is 79.2. The van der Waals surface area contributed by atoms with Crippen molar-refractivity contribution in [2.24, 2.45) is 11.8 Å². The molecule has 0 amide bonds. The second-order valence-corrected chi connectivity index (χ2v) is 35.4. The molecule has 19 heteroatoms. The number of phosphoric acid groups is 2. The summed E-state index contributed by atoms with van der Waals surface area (Å²) < 4.78 is 68.9. The van der Waals surface area contributed by atoms with E-state index in [1.165, 1.54) is 289 Å². The van der Waals surface area contributed by atoms with E-state index < -0.39 is 97.5 Å². The van der Waals surface area contributed by atoms with E-state index in [-0.39, 0.29) is 25.7 Å². The van der Waals surface area contributed by atoms with Crippen molar-refractivity contribution in [1.82, 2.24) is 0 Å². The Morgan fingerprint density at radius 2 is 0.444 bits per heavy atom. The van der Waals surface area contributed by atoms with Crippen molar-refractivity contribution in [2.45, 2.75) is 496 Å². The molecule has 0 saturated heterocycles. The summed E-state index contributed by atoms with van der Waals surface area (Å²) in [7, 11) is -9.93. The standard InChI is InChI=1S/C89H174O17P2/c1-7-11-13-15-17-19-20-21-22-23-24-25-29-32-38-43-48-54-60-66-72-87(92)100-78-85(106-89(94)73-67-61-55-49-44-39-33-30-27-26-28-31-36-41-46-51-57-63-69-81(5)9-3)80-104-108(97,98)102-76-83(90)75-101-107(95,96)103-79-84(77-99-86(91)71-65-59-53-18-16-14-12-8-2)105-88(93)74-68-62-56-50-45-40-35-34-37-42-47-52-58-64-70-82(6)10-4/h81-85,90H,7-80H2,1-6H3,(H,95,96)(H,97,98)/t81?,82?,83-,84+,85+/m0/s1. The summed E-state index contributed by atoms with van der Waals surface area (Å²) in [4.78, 5) is 73.2. The molecular weight excluding hydrogens is 1400 g/mol. The van der Waals surface area contributed by atoms with Crippen LogP contribution >= 0.6 is 15.6 Å². The molecule has 0 bridgehead atoms. The first-order valence-electron chi connectivity index (χ1n) is 46.1. The van der Waals surface area contributed by atoms with Crippen LogP contribution in [0.25, 0.3) is 0 Å². The topological polar surface area (TPSA) is 237 Å². The predicted octanol–water partition coefficient (Wildman–Crippen LogP) is 27.4. The van der Waals surface area contributed by atoms with E-state index in [2.05, 4.69) is 41.5 Å². The molecule has 0 radical (unpaired) electrons. The summed E-state index contributed by atoms with van der Waals surface area (Å²) in [6.07, 6.45) is 73.7. The van der Waals surface area contributed by atoms with E-state index in [0.29, 0.717) is 25.7 Å². The molecule has 0 aliphatic heterocycles. The number of carbonyl (C=O) groups excluding carboxylic acids is 4. The van der Waals surface area contributed by atoms with Gasteiger partial charge in [-0.05, 0) is 37.5 Å². The Hall–Kier alpha value is -1.94. The number of hydrogen-bond acceptors (Lipinski definition) is 15. The van der Waals surface area contributed by atoms with Gasteiger partial charge in [-0.25, -0.2) is 9.13 Å². The lowest BCUT2D eigenvalue weighted by molar-refractivity contribution is -0.161. The molecule has 3 N–H and O–H groups in total. The summed E-state index contributed by atoms with van der Waals surface area (Å²) in [6.45, 7) is 9.78. The molecular formula is C89H174O17P2. The fraction of sp³-hybridized carbons (Fsp3) is 0.955. The molecule has 0 fully saturated rings. The zero-order valence-electron chi connectivity index (χ0n) is 71.2. The van der Waals surface area contributed by atoms with Crippen molar-refractivity contribution < 1.29 is 80.2 Å². The Bertz CT molecular complexity index is 2070. The SMILES string of the molecule is CCCCCCCCCCCCCCCCCCCCCCC(=O)OC[C@H](COP(=O)(O)OC[C@@H](O)COP(=O)(O)OC[C@@H](COC(=O)CCCCCCCCCC)OC(=O)CCCCCCCCCCCCCCCCC(C)CC)OC(=O)CCCCCCCCCCCCCCCCCCCCC(C)CC.